The Morgan fingerprint density at radius 1 is 1.36 bits per heavy atom. The number of urea groups is 1. The Bertz CT molecular complexity index is 664. The van der Waals surface area contributed by atoms with Crippen LogP contribution in [0.25, 0.3) is 0 Å². The molecular formula is C18H26N3O4+. The second-order valence-corrected chi connectivity index (χ2v) is 6.57. The summed E-state index contributed by atoms with van der Waals surface area (Å²) in [5, 5.41) is 2.69. The van der Waals surface area contributed by atoms with Crippen LogP contribution in [0.4, 0.5) is 4.79 Å². The second-order valence-electron chi connectivity index (χ2n) is 6.57. The molecule has 25 heavy (non-hydrogen) atoms. The minimum absolute atomic E-state index is 0.112. The van der Waals surface area contributed by atoms with Gasteiger partial charge in [-0.05, 0) is 25.1 Å². The van der Waals surface area contributed by atoms with Crippen LogP contribution in [0.15, 0.2) is 18.2 Å². The quantitative estimate of drug-likeness (QED) is 0.806. The molecule has 136 valence electrons. The molecule has 0 aliphatic carbocycles. The van der Waals surface area contributed by atoms with Gasteiger partial charge in [0, 0.05) is 25.9 Å². The maximum Gasteiger partial charge on any atom is 0.324 e. The Balaban J connectivity index is 1.85. The number of carbonyl (C=O) groups is 2. The van der Waals surface area contributed by atoms with Gasteiger partial charge in [0.2, 0.25) is 0 Å². The molecule has 2 saturated heterocycles. The first-order chi connectivity index (χ1) is 12.1. The molecule has 7 heteroatoms. The maximum absolute atomic E-state index is 12.8. The van der Waals surface area contributed by atoms with E-state index in [1.807, 2.05) is 25.1 Å². The predicted octanol–water partition coefficient (Wildman–Crippen LogP) is 0.364. The van der Waals surface area contributed by atoms with Crippen molar-refractivity contribution in [3.05, 3.63) is 23.8 Å². The van der Waals surface area contributed by atoms with Crippen molar-refractivity contribution in [2.45, 2.75) is 31.8 Å². The third-order valence-corrected chi connectivity index (χ3v) is 5.27. The lowest BCUT2D eigenvalue weighted by molar-refractivity contribution is -0.932. The van der Waals surface area contributed by atoms with Gasteiger partial charge in [0.05, 0.1) is 26.3 Å². The van der Waals surface area contributed by atoms with Gasteiger partial charge in [0.15, 0.2) is 6.04 Å². The summed E-state index contributed by atoms with van der Waals surface area (Å²) in [6, 6.07) is 5.35. The maximum atomic E-state index is 12.8. The number of amides is 3. The molecule has 0 radical (unpaired) electrons. The summed E-state index contributed by atoms with van der Waals surface area (Å²) in [4.78, 5) is 27.1. The van der Waals surface area contributed by atoms with Gasteiger partial charge in [-0.15, -0.1) is 0 Å². The van der Waals surface area contributed by atoms with Crippen LogP contribution < -0.4 is 19.7 Å². The molecule has 2 aliphatic heterocycles. The molecule has 0 aromatic heterocycles. The lowest BCUT2D eigenvalue weighted by atomic mass is 10.0. The van der Waals surface area contributed by atoms with Crippen molar-refractivity contribution in [3.8, 4) is 11.5 Å². The smallest absolute Gasteiger partial charge is 0.324 e. The zero-order valence-corrected chi connectivity index (χ0v) is 15.0. The summed E-state index contributed by atoms with van der Waals surface area (Å²) >= 11 is 0. The summed E-state index contributed by atoms with van der Waals surface area (Å²) in [6.07, 6.45) is 2.01. The summed E-state index contributed by atoms with van der Waals surface area (Å²) in [7, 11) is 3.30. The molecule has 7 nitrogen and oxygen atoms in total. The molecular weight excluding hydrogens is 322 g/mol. The zero-order valence-electron chi connectivity index (χ0n) is 15.0. The highest BCUT2D eigenvalue weighted by Crippen LogP contribution is 2.32. The molecule has 3 amide bonds. The molecule has 0 saturated carbocycles. The molecule has 3 atom stereocenters. The fourth-order valence-electron chi connectivity index (χ4n) is 3.93. The minimum Gasteiger partial charge on any atom is -0.497 e. The van der Waals surface area contributed by atoms with E-state index in [4.69, 9.17) is 9.47 Å². The van der Waals surface area contributed by atoms with Crippen LogP contribution in [-0.2, 0) is 4.79 Å². The SMILES string of the molecule is COc1ccc(OC)c([C@H]2CCC[NH+]2[C@@H](C)C(=O)N2CCNC2=O)c1. The molecule has 3 rings (SSSR count). The highest BCUT2D eigenvalue weighted by atomic mass is 16.5. The third kappa shape index (κ3) is 3.28. The van der Waals surface area contributed by atoms with E-state index in [1.54, 1.807) is 14.2 Å². The van der Waals surface area contributed by atoms with Gasteiger partial charge in [-0.3, -0.25) is 9.69 Å². The molecule has 2 fully saturated rings. The number of quaternary nitrogens is 1. The Kier molecular flexibility index (Phi) is 5.13. The fraction of sp³-hybridized carbons (Fsp3) is 0.556. The Morgan fingerprint density at radius 2 is 2.16 bits per heavy atom. The van der Waals surface area contributed by atoms with Crippen molar-refractivity contribution in [1.82, 2.24) is 10.2 Å². The van der Waals surface area contributed by atoms with Gasteiger partial charge in [0.25, 0.3) is 5.91 Å². The Hall–Kier alpha value is -2.28. The number of nitrogens with one attached hydrogen (secondary N) is 2. The molecule has 2 aliphatic rings. The molecule has 2 N–H and O–H groups in total. The van der Waals surface area contributed by atoms with Gasteiger partial charge >= 0.3 is 6.03 Å². The number of hydrogen-bond donors (Lipinski definition) is 2. The van der Waals surface area contributed by atoms with Gasteiger partial charge < -0.3 is 19.7 Å². The monoisotopic (exact) mass is 348 g/mol. The lowest BCUT2D eigenvalue weighted by Crippen LogP contribution is -3.15. The lowest BCUT2D eigenvalue weighted by Gasteiger charge is -2.29. The summed E-state index contributed by atoms with van der Waals surface area (Å²) in [6.45, 7) is 3.78. The first kappa shape index (κ1) is 17.5. The van der Waals surface area contributed by atoms with Crippen molar-refractivity contribution < 1.29 is 24.0 Å². The second kappa shape index (κ2) is 7.31. The van der Waals surface area contributed by atoms with Crippen molar-refractivity contribution in [2.75, 3.05) is 33.9 Å². The van der Waals surface area contributed by atoms with Crippen LogP contribution in [-0.4, -0.2) is 56.7 Å². The molecule has 1 aromatic rings. The van der Waals surface area contributed by atoms with Gasteiger partial charge in [-0.2, -0.15) is 0 Å². The number of benzene rings is 1. The van der Waals surface area contributed by atoms with Gasteiger partial charge in [0.1, 0.15) is 17.5 Å². The van der Waals surface area contributed by atoms with E-state index in [-0.39, 0.29) is 24.0 Å². The highest BCUT2D eigenvalue weighted by Gasteiger charge is 2.42. The van der Waals surface area contributed by atoms with Crippen LogP contribution in [0, 0.1) is 0 Å². The number of rotatable bonds is 5. The fourth-order valence-corrected chi connectivity index (χ4v) is 3.93. The number of nitrogens with zero attached hydrogens (tertiary/aromatic N) is 1. The van der Waals surface area contributed by atoms with E-state index >= 15 is 0 Å². The van der Waals surface area contributed by atoms with Crippen LogP contribution in [0.2, 0.25) is 0 Å². The van der Waals surface area contributed by atoms with E-state index in [1.165, 1.54) is 9.80 Å². The van der Waals surface area contributed by atoms with Crippen molar-refractivity contribution in [2.24, 2.45) is 0 Å². The predicted molar refractivity (Wildman–Crippen MR) is 91.9 cm³/mol. The number of methoxy groups -OCH3 is 2. The third-order valence-electron chi connectivity index (χ3n) is 5.27. The zero-order chi connectivity index (χ0) is 18.0. The molecule has 1 unspecified atom stereocenters. The molecule has 0 bridgehead atoms. The van der Waals surface area contributed by atoms with Crippen molar-refractivity contribution >= 4 is 11.9 Å². The largest absolute Gasteiger partial charge is 0.497 e. The van der Waals surface area contributed by atoms with Crippen molar-refractivity contribution in [1.29, 1.82) is 0 Å². The highest BCUT2D eigenvalue weighted by molar-refractivity contribution is 5.97. The van der Waals surface area contributed by atoms with E-state index in [9.17, 15) is 9.59 Å². The summed E-state index contributed by atoms with van der Waals surface area (Å²) < 4.78 is 10.9. The average molecular weight is 348 g/mol. The Morgan fingerprint density at radius 3 is 2.80 bits per heavy atom. The number of carbonyl (C=O) groups excluding carboxylic acids is 2. The summed E-state index contributed by atoms with van der Waals surface area (Å²) in [5.41, 5.74) is 1.06. The number of ether oxygens (including phenoxy) is 2. The van der Waals surface area contributed by atoms with Crippen LogP contribution in [0.3, 0.4) is 0 Å². The topological polar surface area (TPSA) is 72.3 Å². The molecule has 1 aromatic carbocycles. The number of imide groups is 1. The minimum atomic E-state index is -0.286. The molecule has 0 spiro atoms. The number of likely N-dealkylation sites (tertiary alicyclic amines) is 1. The standard InChI is InChI=1S/C18H25N3O4/c1-12(17(22)21-10-8-19-18(21)23)20-9-4-5-15(20)14-11-13(24-2)6-7-16(14)25-3/h6-7,11-12,15H,4-5,8-10H2,1-3H3,(H,19,23)/p+1/t12-,15+/m0/s1. The normalized spacial score (nSPS) is 24.1. The van der Waals surface area contributed by atoms with E-state index in [0.29, 0.717) is 13.1 Å². The first-order valence-electron chi connectivity index (χ1n) is 8.73. The average Bonchev–Trinajstić information content (AvgIpc) is 3.28. The van der Waals surface area contributed by atoms with Crippen molar-refractivity contribution in [3.63, 3.8) is 0 Å². The van der Waals surface area contributed by atoms with Gasteiger partial charge in [-0.1, -0.05) is 0 Å². The van der Waals surface area contributed by atoms with Gasteiger partial charge in [-0.25, -0.2) is 4.79 Å². The molecule has 2 heterocycles. The van der Waals surface area contributed by atoms with Crippen LogP contribution in [0.5, 0.6) is 11.5 Å². The van der Waals surface area contributed by atoms with Crippen LogP contribution in [0.1, 0.15) is 31.4 Å². The van der Waals surface area contributed by atoms with E-state index in [0.717, 1.165) is 36.4 Å². The van der Waals surface area contributed by atoms with E-state index < -0.39 is 0 Å². The summed E-state index contributed by atoms with van der Waals surface area (Å²) in [5.74, 6) is 1.47. The first-order valence-corrected chi connectivity index (χ1v) is 8.73. The van der Waals surface area contributed by atoms with E-state index in [2.05, 4.69) is 5.32 Å². The number of hydrogen-bond acceptors (Lipinski definition) is 4. The van der Waals surface area contributed by atoms with Crippen LogP contribution >= 0.6 is 0 Å². The Labute approximate surface area is 147 Å².